The number of benzene rings is 2. The smallest absolute Gasteiger partial charge is 0.318 e. The van der Waals surface area contributed by atoms with E-state index in [4.69, 9.17) is 9.84 Å². The lowest BCUT2D eigenvalue weighted by atomic mass is 10.1. The summed E-state index contributed by atoms with van der Waals surface area (Å²) >= 11 is 3.30. The van der Waals surface area contributed by atoms with Crippen molar-refractivity contribution >= 4 is 29.1 Å². The molecule has 2 aromatic carbocycles. The first-order chi connectivity index (χ1) is 15.1. The molecular weight excluding hydrogens is 426 g/mol. The van der Waals surface area contributed by atoms with E-state index < -0.39 is 0 Å². The van der Waals surface area contributed by atoms with E-state index in [1.807, 2.05) is 43.0 Å². The highest BCUT2D eigenvalue weighted by molar-refractivity contribution is 7.99. The third-order valence-corrected chi connectivity index (χ3v) is 7.16. The molecule has 0 amide bonds. The van der Waals surface area contributed by atoms with Crippen LogP contribution in [0.5, 0.6) is 5.75 Å². The van der Waals surface area contributed by atoms with Crippen LogP contribution >= 0.6 is 23.1 Å². The summed E-state index contributed by atoms with van der Waals surface area (Å²) in [4.78, 5) is 18.8. The van der Waals surface area contributed by atoms with Gasteiger partial charge in [-0.2, -0.15) is 0 Å². The molecule has 0 aliphatic carbocycles. The number of aryl methyl sites for hydroxylation is 2. The first-order valence-electron chi connectivity index (χ1n) is 10.7. The molecule has 0 radical (unpaired) electrons. The largest absolute Gasteiger partial charge is 0.426 e. The maximum atomic E-state index is 12.2. The Morgan fingerprint density at radius 1 is 1.03 bits per heavy atom. The number of carbonyl (C=O) groups excluding carboxylic acids is 1. The van der Waals surface area contributed by atoms with Gasteiger partial charge in [-0.05, 0) is 61.8 Å². The number of aromatic nitrogens is 1. The number of rotatable bonds is 12. The molecule has 0 saturated heterocycles. The van der Waals surface area contributed by atoms with E-state index in [0.717, 1.165) is 27.8 Å². The van der Waals surface area contributed by atoms with Gasteiger partial charge in [0, 0.05) is 22.8 Å². The van der Waals surface area contributed by atoms with Crippen molar-refractivity contribution in [1.82, 2.24) is 4.98 Å². The molecule has 0 aliphatic rings. The lowest BCUT2D eigenvalue weighted by molar-refractivity contribution is -0.133. The number of thioether (sulfide) groups is 1. The fraction of sp³-hybridized carbons (Fsp3) is 0.360. The molecule has 164 valence electrons. The predicted molar refractivity (Wildman–Crippen MR) is 128 cm³/mol. The number of aliphatic hydroxyl groups excluding tert-OH is 1. The predicted octanol–water partition coefficient (Wildman–Crippen LogP) is 5.64. The summed E-state index contributed by atoms with van der Waals surface area (Å²) in [5.74, 6) is 1.33. The van der Waals surface area contributed by atoms with Crippen LogP contribution in [0.25, 0.3) is 0 Å². The van der Waals surface area contributed by atoms with E-state index in [0.29, 0.717) is 12.2 Å². The van der Waals surface area contributed by atoms with Gasteiger partial charge in [0.05, 0.1) is 12.1 Å². The SMILES string of the molecule is Cc1nc(CC(=O)Oc2ccc(SCCCCCc3ccccc3)cc2)sc1CCO. The Bertz CT molecular complexity index is 939. The van der Waals surface area contributed by atoms with Crippen molar-refractivity contribution < 1.29 is 14.6 Å². The van der Waals surface area contributed by atoms with Gasteiger partial charge in [-0.25, -0.2) is 4.98 Å². The normalized spacial score (nSPS) is 10.9. The van der Waals surface area contributed by atoms with Crippen LogP contribution in [-0.2, 0) is 24.1 Å². The quantitative estimate of drug-likeness (QED) is 0.166. The van der Waals surface area contributed by atoms with E-state index in [-0.39, 0.29) is 19.0 Å². The molecule has 0 aliphatic heterocycles. The number of hydrogen-bond donors (Lipinski definition) is 1. The van der Waals surface area contributed by atoms with E-state index in [2.05, 4.69) is 35.3 Å². The summed E-state index contributed by atoms with van der Waals surface area (Å²) in [5.41, 5.74) is 2.29. The third-order valence-electron chi connectivity index (χ3n) is 4.85. The Labute approximate surface area is 192 Å². The minimum absolute atomic E-state index is 0.0883. The number of thiazole rings is 1. The fourth-order valence-electron chi connectivity index (χ4n) is 3.23. The summed E-state index contributed by atoms with van der Waals surface area (Å²) in [5, 5.41) is 9.80. The van der Waals surface area contributed by atoms with Gasteiger partial charge in [0.2, 0.25) is 0 Å². The third kappa shape index (κ3) is 8.13. The zero-order valence-electron chi connectivity index (χ0n) is 17.9. The van der Waals surface area contributed by atoms with Gasteiger partial charge in [-0.3, -0.25) is 4.79 Å². The molecule has 0 spiro atoms. The first kappa shape index (κ1) is 23.5. The topological polar surface area (TPSA) is 59.4 Å². The van der Waals surface area contributed by atoms with Gasteiger partial charge in [-0.1, -0.05) is 36.8 Å². The van der Waals surface area contributed by atoms with Crippen LogP contribution in [-0.4, -0.2) is 28.4 Å². The minimum Gasteiger partial charge on any atom is -0.426 e. The molecule has 0 saturated carbocycles. The number of unbranched alkanes of at least 4 members (excludes halogenated alkanes) is 2. The van der Waals surface area contributed by atoms with E-state index in [1.165, 1.54) is 41.1 Å². The standard InChI is InChI=1S/C25H29NO3S2/c1-19-23(15-16-27)31-24(26-19)18-25(28)29-21-11-13-22(14-12-21)30-17-7-3-6-10-20-8-4-2-5-9-20/h2,4-5,8-9,11-14,27H,3,6-7,10,15-18H2,1H3. The molecule has 0 unspecified atom stereocenters. The zero-order valence-corrected chi connectivity index (χ0v) is 19.5. The molecule has 1 N–H and O–H groups in total. The van der Waals surface area contributed by atoms with Gasteiger partial charge in [0.25, 0.3) is 0 Å². The number of esters is 1. The van der Waals surface area contributed by atoms with Crippen LogP contribution in [0.2, 0.25) is 0 Å². The van der Waals surface area contributed by atoms with E-state index in [1.54, 1.807) is 0 Å². The van der Waals surface area contributed by atoms with Crippen LogP contribution in [0.3, 0.4) is 0 Å². The lowest BCUT2D eigenvalue weighted by Gasteiger charge is -2.06. The molecule has 1 aromatic heterocycles. The van der Waals surface area contributed by atoms with Crippen molar-refractivity contribution in [3.05, 3.63) is 75.7 Å². The van der Waals surface area contributed by atoms with Crippen LogP contribution in [0.15, 0.2) is 59.5 Å². The molecule has 3 aromatic rings. The van der Waals surface area contributed by atoms with Gasteiger partial charge in [-0.15, -0.1) is 23.1 Å². The monoisotopic (exact) mass is 455 g/mol. The number of nitrogens with zero attached hydrogens (tertiary/aromatic N) is 1. The van der Waals surface area contributed by atoms with Crippen molar-refractivity contribution in [1.29, 1.82) is 0 Å². The highest BCUT2D eigenvalue weighted by atomic mass is 32.2. The molecule has 1 heterocycles. The molecule has 3 rings (SSSR count). The first-order valence-corrected chi connectivity index (χ1v) is 12.5. The fourth-order valence-corrected chi connectivity index (χ4v) is 5.19. The van der Waals surface area contributed by atoms with Crippen LogP contribution < -0.4 is 4.74 Å². The van der Waals surface area contributed by atoms with E-state index >= 15 is 0 Å². The summed E-state index contributed by atoms with van der Waals surface area (Å²) in [6.07, 6.45) is 5.52. The van der Waals surface area contributed by atoms with Crippen molar-refractivity contribution in [3.8, 4) is 5.75 Å². The molecule has 0 fully saturated rings. The van der Waals surface area contributed by atoms with E-state index in [9.17, 15) is 4.79 Å². The maximum absolute atomic E-state index is 12.2. The number of ether oxygens (including phenoxy) is 1. The molecule has 4 nitrogen and oxygen atoms in total. The Kier molecular flexibility index (Phi) is 9.59. The minimum atomic E-state index is -0.317. The molecule has 6 heteroatoms. The number of hydrogen-bond acceptors (Lipinski definition) is 6. The summed E-state index contributed by atoms with van der Waals surface area (Å²) < 4.78 is 5.45. The van der Waals surface area contributed by atoms with Gasteiger partial charge in [0.1, 0.15) is 10.8 Å². The second-order valence-electron chi connectivity index (χ2n) is 7.36. The summed E-state index contributed by atoms with van der Waals surface area (Å²) in [7, 11) is 0. The Morgan fingerprint density at radius 3 is 2.55 bits per heavy atom. The molecule has 0 atom stereocenters. The van der Waals surface area contributed by atoms with Crippen molar-refractivity contribution in [2.75, 3.05) is 12.4 Å². The lowest BCUT2D eigenvalue weighted by Crippen LogP contribution is -2.11. The Balaban J connectivity index is 1.34. The highest BCUT2D eigenvalue weighted by Crippen LogP contribution is 2.24. The van der Waals surface area contributed by atoms with Crippen molar-refractivity contribution in [2.24, 2.45) is 0 Å². The Morgan fingerprint density at radius 2 is 1.81 bits per heavy atom. The number of aliphatic hydroxyl groups is 1. The van der Waals surface area contributed by atoms with Gasteiger partial charge >= 0.3 is 5.97 Å². The van der Waals surface area contributed by atoms with Crippen LogP contribution in [0, 0.1) is 6.92 Å². The summed E-state index contributed by atoms with van der Waals surface area (Å²) in [6, 6.07) is 18.3. The second-order valence-corrected chi connectivity index (χ2v) is 9.69. The van der Waals surface area contributed by atoms with Gasteiger partial charge in [0.15, 0.2) is 0 Å². The highest BCUT2D eigenvalue weighted by Gasteiger charge is 2.13. The van der Waals surface area contributed by atoms with Crippen molar-refractivity contribution in [2.45, 2.75) is 50.3 Å². The molecular formula is C25H29NO3S2. The van der Waals surface area contributed by atoms with Crippen LogP contribution in [0.4, 0.5) is 0 Å². The summed E-state index contributed by atoms with van der Waals surface area (Å²) in [6.45, 7) is 1.99. The average molecular weight is 456 g/mol. The Hall–Kier alpha value is -2.15. The number of carbonyl (C=O) groups is 1. The van der Waals surface area contributed by atoms with Crippen LogP contribution in [0.1, 0.15) is 40.4 Å². The second kappa shape index (κ2) is 12.6. The zero-order chi connectivity index (χ0) is 21.9. The molecule has 31 heavy (non-hydrogen) atoms. The van der Waals surface area contributed by atoms with Gasteiger partial charge < -0.3 is 9.84 Å². The van der Waals surface area contributed by atoms with Crippen molar-refractivity contribution in [3.63, 3.8) is 0 Å². The molecule has 0 bridgehead atoms. The maximum Gasteiger partial charge on any atom is 0.318 e. The average Bonchev–Trinajstić information content (AvgIpc) is 3.11.